The van der Waals surface area contributed by atoms with Crippen LogP contribution >= 0.6 is 0 Å². The number of carboxylic acids is 1. The van der Waals surface area contributed by atoms with E-state index >= 15 is 0 Å². The van der Waals surface area contributed by atoms with Crippen LogP contribution in [0.2, 0.25) is 0 Å². The van der Waals surface area contributed by atoms with Crippen LogP contribution in [0, 0.1) is 5.92 Å². The minimum atomic E-state index is -0.797. The molecule has 0 radical (unpaired) electrons. The number of nitrogens with zero attached hydrogens (tertiary/aromatic N) is 1. The van der Waals surface area contributed by atoms with Crippen molar-refractivity contribution in [1.29, 1.82) is 0 Å². The fourth-order valence-electron chi connectivity index (χ4n) is 2.19. The number of nitrogens with one attached hydrogen (secondary N) is 2. The summed E-state index contributed by atoms with van der Waals surface area (Å²) in [7, 11) is 0. The van der Waals surface area contributed by atoms with E-state index in [0.29, 0.717) is 12.3 Å². The predicted molar refractivity (Wildman–Crippen MR) is 59.0 cm³/mol. The van der Waals surface area contributed by atoms with Gasteiger partial charge < -0.3 is 10.1 Å². The molecule has 2 heterocycles. The highest BCUT2D eigenvalue weighted by atomic mass is 16.4. The molecule has 88 valence electrons. The number of aliphatic carboxylic acids is 1. The lowest BCUT2D eigenvalue weighted by molar-refractivity contribution is -0.140. The average Bonchev–Trinajstić information content (AvgIpc) is 2.64. The Hall–Kier alpha value is -1.36. The van der Waals surface area contributed by atoms with Gasteiger partial charge in [-0.2, -0.15) is 0 Å². The minimum absolute atomic E-state index is 0.0519. The van der Waals surface area contributed by atoms with Crippen molar-refractivity contribution in [3.05, 3.63) is 17.7 Å². The van der Waals surface area contributed by atoms with Crippen molar-refractivity contribution in [3.8, 4) is 0 Å². The molecule has 0 aliphatic carbocycles. The summed E-state index contributed by atoms with van der Waals surface area (Å²) in [5.74, 6) is -0.288. The van der Waals surface area contributed by atoms with E-state index in [-0.39, 0.29) is 6.04 Å². The zero-order valence-electron chi connectivity index (χ0n) is 9.53. The first-order valence-electron chi connectivity index (χ1n) is 5.59. The van der Waals surface area contributed by atoms with Crippen LogP contribution in [-0.2, 0) is 11.2 Å². The van der Waals surface area contributed by atoms with Crippen molar-refractivity contribution < 1.29 is 9.90 Å². The zero-order valence-corrected chi connectivity index (χ0v) is 9.53. The maximum Gasteiger partial charge on any atom is 0.321 e. The Labute approximate surface area is 94.3 Å². The third-order valence-corrected chi connectivity index (χ3v) is 2.90. The van der Waals surface area contributed by atoms with E-state index in [9.17, 15) is 4.79 Å². The molecule has 2 atom stereocenters. The van der Waals surface area contributed by atoms with Gasteiger partial charge in [-0.15, -0.1) is 0 Å². The summed E-state index contributed by atoms with van der Waals surface area (Å²) in [6.07, 6.45) is 3.03. The first-order chi connectivity index (χ1) is 7.58. The summed E-state index contributed by atoms with van der Waals surface area (Å²) >= 11 is 0. The van der Waals surface area contributed by atoms with Gasteiger partial charge in [0.1, 0.15) is 6.04 Å². The van der Waals surface area contributed by atoms with Gasteiger partial charge in [-0.05, 0) is 12.3 Å². The van der Waals surface area contributed by atoms with E-state index in [4.69, 9.17) is 5.11 Å². The van der Waals surface area contributed by atoms with Crippen molar-refractivity contribution in [2.75, 3.05) is 0 Å². The van der Waals surface area contributed by atoms with Crippen LogP contribution < -0.4 is 5.32 Å². The Morgan fingerprint density at radius 3 is 3.06 bits per heavy atom. The number of hydrogen-bond donors (Lipinski definition) is 3. The zero-order chi connectivity index (χ0) is 11.7. The standard InChI is InChI=1S/C11H17N3O2/c1-6(2)3-8-10-7(12-5-13-10)4-9(14-8)11(15)16/h5-6,8-9,14H,3-4H2,1-2H3,(H,12,13)(H,15,16)/t8?,9-/m1/s1. The molecule has 0 saturated heterocycles. The van der Waals surface area contributed by atoms with Crippen LogP contribution in [-0.4, -0.2) is 27.1 Å². The molecule has 0 spiro atoms. The van der Waals surface area contributed by atoms with Gasteiger partial charge >= 0.3 is 5.97 Å². The summed E-state index contributed by atoms with van der Waals surface area (Å²) in [6, 6.07) is -0.451. The van der Waals surface area contributed by atoms with Crippen molar-refractivity contribution in [3.63, 3.8) is 0 Å². The highest BCUT2D eigenvalue weighted by Crippen LogP contribution is 2.27. The van der Waals surface area contributed by atoms with E-state index in [0.717, 1.165) is 17.8 Å². The third-order valence-electron chi connectivity index (χ3n) is 2.90. The smallest absolute Gasteiger partial charge is 0.321 e. The summed E-state index contributed by atoms with van der Waals surface area (Å²) in [5, 5.41) is 12.2. The van der Waals surface area contributed by atoms with E-state index in [1.807, 2.05) is 0 Å². The van der Waals surface area contributed by atoms with Crippen LogP contribution in [0.5, 0.6) is 0 Å². The fourth-order valence-corrected chi connectivity index (χ4v) is 2.19. The molecule has 1 aliphatic heterocycles. The number of carboxylic acid groups (broad SMARTS) is 1. The molecule has 1 aromatic rings. The number of aromatic nitrogens is 2. The van der Waals surface area contributed by atoms with Crippen molar-refractivity contribution in [2.45, 2.75) is 38.8 Å². The minimum Gasteiger partial charge on any atom is -0.480 e. The van der Waals surface area contributed by atoms with Gasteiger partial charge in [-0.25, -0.2) is 4.98 Å². The van der Waals surface area contributed by atoms with Crippen LogP contribution in [0.1, 0.15) is 37.7 Å². The topological polar surface area (TPSA) is 78.0 Å². The second-order valence-corrected chi connectivity index (χ2v) is 4.71. The predicted octanol–water partition coefficient (Wildman–Crippen LogP) is 1.10. The number of imidazole rings is 1. The average molecular weight is 223 g/mol. The monoisotopic (exact) mass is 223 g/mol. The number of hydrogen-bond acceptors (Lipinski definition) is 3. The summed E-state index contributed by atoms with van der Waals surface area (Å²) < 4.78 is 0. The van der Waals surface area contributed by atoms with Crippen molar-refractivity contribution in [2.24, 2.45) is 5.92 Å². The molecule has 3 N–H and O–H groups in total. The van der Waals surface area contributed by atoms with E-state index in [2.05, 4.69) is 29.1 Å². The van der Waals surface area contributed by atoms with E-state index in [1.165, 1.54) is 0 Å². The molecule has 5 nitrogen and oxygen atoms in total. The van der Waals surface area contributed by atoms with Crippen molar-refractivity contribution in [1.82, 2.24) is 15.3 Å². The largest absolute Gasteiger partial charge is 0.480 e. The molecule has 16 heavy (non-hydrogen) atoms. The van der Waals surface area contributed by atoms with Gasteiger partial charge in [-0.1, -0.05) is 13.8 Å². The number of fused-ring (bicyclic) bond motifs is 1. The molecule has 2 rings (SSSR count). The van der Waals surface area contributed by atoms with Gasteiger partial charge in [0.25, 0.3) is 0 Å². The molecular formula is C11H17N3O2. The maximum absolute atomic E-state index is 11.0. The van der Waals surface area contributed by atoms with Crippen LogP contribution in [0.3, 0.4) is 0 Å². The van der Waals surface area contributed by atoms with Crippen LogP contribution in [0.15, 0.2) is 6.33 Å². The van der Waals surface area contributed by atoms with Gasteiger partial charge in [0, 0.05) is 12.1 Å². The highest BCUT2D eigenvalue weighted by Gasteiger charge is 2.32. The first-order valence-corrected chi connectivity index (χ1v) is 5.59. The second-order valence-electron chi connectivity index (χ2n) is 4.71. The summed E-state index contributed by atoms with van der Waals surface area (Å²) in [5.41, 5.74) is 1.93. The summed E-state index contributed by atoms with van der Waals surface area (Å²) in [6.45, 7) is 4.25. The first kappa shape index (κ1) is 11.1. The number of carbonyl (C=O) groups is 1. The molecule has 0 fully saturated rings. The number of aromatic amines is 1. The van der Waals surface area contributed by atoms with Crippen molar-refractivity contribution >= 4 is 5.97 Å². The SMILES string of the molecule is CC(C)CC1N[C@@H](C(=O)O)Cc2[nH]cnc21. The van der Waals surface area contributed by atoms with Gasteiger partial charge in [0.05, 0.1) is 18.1 Å². The highest BCUT2D eigenvalue weighted by molar-refractivity contribution is 5.74. The molecular weight excluding hydrogens is 206 g/mol. The Bertz CT molecular complexity index is 386. The van der Waals surface area contributed by atoms with Crippen LogP contribution in [0.25, 0.3) is 0 Å². The lowest BCUT2D eigenvalue weighted by atomic mass is 9.93. The Morgan fingerprint density at radius 1 is 1.69 bits per heavy atom. The molecule has 1 aromatic heterocycles. The lowest BCUT2D eigenvalue weighted by Crippen LogP contribution is -2.45. The second kappa shape index (κ2) is 4.25. The maximum atomic E-state index is 11.0. The van der Waals surface area contributed by atoms with Gasteiger partial charge in [0.2, 0.25) is 0 Å². The normalized spacial score (nSPS) is 24.4. The molecule has 1 unspecified atom stereocenters. The quantitative estimate of drug-likeness (QED) is 0.717. The lowest BCUT2D eigenvalue weighted by Gasteiger charge is -2.28. The Kier molecular flexibility index (Phi) is 2.96. The molecule has 0 aromatic carbocycles. The third kappa shape index (κ3) is 2.09. The number of rotatable bonds is 3. The Morgan fingerprint density at radius 2 is 2.44 bits per heavy atom. The summed E-state index contributed by atoms with van der Waals surface area (Å²) in [4.78, 5) is 18.3. The molecule has 5 heteroatoms. The molecule has 0 bridgehead atoms. The fraction of sp³-hybridized carbons (Fsp3) is 0.636. The molecule has 0 saturated carbocycles. The van der Waals surface area contributed by atoms with Gasteiger partial charge in [0.15, 0.2) is 0 Å². The van der Waals surface area contributed by atoms with E-state index < -0.39 is 12.0 Å². The molecule has 0 amide bonds. The van der Waals surface area contributed by atoms with Crippen LogP contribution in [0.4, 0.5) is 0 Å². The Balaban J connectivity index is 2.22. The van der Waals surface area contributed by atoms with E-state index in [1.54, 1.807) is 6.33 Å². The molecule has 1 aliphatic rings. The number of H-pyrrole nitrogens is 1. The van der Waals surface area contributed by atoms with Gasteiger partial charge in [-0.3, -0.25) is 10.1 Å².